The molecule has 4 rings (SSSR count). The molecule has 0 radical (unpaired) electrons. The van der Waals surface area contributed by atoms with Crippen LogP contribution in [0.3, 0.4) is 0 Å². The smallest absolute Gasteiger partial charge is 0.225 e. The van der Waals surface area contributed by atoms with E-state index >= 15 is 0 Å². The molecule has 2 aromatic carbocycles. The summed E-state index contributed by atoms with van der Waals surface area (Å²) >= 11 is 12.6. The molecule has 0 amide bonds. The van der Waals surface area contributed by atoms with E-state index in [0.717, 1.165) is 58.0 Å². The molecule has 1 fully saturated rings. The van der Waals surface area contributed by atoms with Gasteiger partial charge in [0, 0.05) is 53.7 Å². The molecule has 0 atom stereocenters. The highest BCUT2D eigenvalue weighted by Gasteiger charge is 2.22. The Hall–Kier alpha value is -2.08. The van der Waals surface area contributed by atoms with Gasteiger partial charge in [-0.15, -0.1) is 0 Å². The predicted octanol–water partition coefficient (Wildman–Crippen LogP) is 5.52. The average molecular weight is 444 g/mol. The summed E-state index contributed by atoms with van der Waals surface area (Å²) in [6.45, 7) is 0.696. The van der Waals surface area contributed by atoms with Crippen LogP contribution in [0, 0.1) is 0 Å². The molecule has 3 aromatic rings. The van der Waals surface area contributed by atoms with Crippen LogP contribution in [-0.4, -0.2) is 36.1 Å². The van der Waals surface area contributed by atoms with Crippen molar-refractivity contribution >= 4 is 45.9 Å². The van der Waals surface area contributed by atoms with Crippen LogP contribution in [0.2, 0.25) is 10.0 Å². The molecule has 7 heteroatoms. The summed E-state index contributed by atoms with van der Waals surface area (Å²) in [5.41, 5.74) is 1.94. The first-order valence-electron chi connectivity index (χ1n) is 10.4. The quantitative estimate of drug-likeness (QED) is 0.525. The summed E-state index contributed by atoms with van der Waals surface area (Å²) in [7, 11) is 4.03. The lowest BCUT2D eigenvalue weighted by molar-refractivity contribution is 0.352. The Morgan fingerprint density at radius 1 is 0.900 bits per heavy atom. The van der Waals surface area contributed by atoms with Gasteiger partial charge in [0.15, 0.2) is 0 Å². The monoisotopic (exact) mass is 443 g/mol. The van der Waals surface area contributed by atoms with E-state index in [0.29, 0.717) is 24.6 Å². The van der Waals surface area contributed by atoms with Crippen molar-refractivity contribution < 1.29 is 0 Å². The summed E-state index contributed by atoms with van der Waals surface area (Å²) in [6, 6.07) is 14.6. The van der Waals surface area contributed by atoms with Crippen molar-refractivity contribution in [2.45, 2.75) is 44.3 Å². The first kappa shape index (κ1) is 21.2. The summed E-state index contributed by atoms with van der Waals surface area (Å²) in [6.07, 6.45) is 4.32. The van der Waals surface area contributed by atoms with E-state index in [4.69, 9.17) is 33.2 Å². The third-order valence-corrected chi connectivity index (χ3v) is 6.40. The van der Waals surface area contributed by atoms with Gasteiger partial charge in [0.2, 0.25) is 5.95 Å². The zero-order valence-electron chi connectivity index (χ0n) is 17.3. The van der Waals surface area contributed by atoms with Gasteiger partial charge in [-0.25, -0.2) is 4.98 Å². The molecule has 0 unspecified atom stereocenters. The number of halogens is 2. The van der Waals surface area contributed by atoms with Crippen molar-refractivity contribution in [2.24, 2.45) is 0 Å². The maximum Gasteiger partial charge on any atom is 0.225 e. The van der Waals surface area contributed by atoms with Crippen molar-refractivity contribution in [1.82, 2.24) is 15.3 Å². The normalized spacial score (nSPS) is 19.1. The maximum absolute atomic E-state index is 6.29. The molecule has 0 saturated heterocycles. The molecule has 5 nitrogen and oxygen atoms in total. The highest BCUT2D eigenvalue weighted by molar-refractivity contribution is 6.35. The van der Waals surface area contributed by atoms with Gasteiger partial charge in [-0.05, 0) is 49.9 Å². The largest absolute Gasteiger partial charge is 0.362 e. The van der Waals surface area contributed by atoms with Gasteiger partial charge in [-0.1, -0.05) is 41.4 Å². The SMILES string of the molecule is CN(C)c1nc(N[C@H]2CC[C@@H](NCc3c(Cl)cccc3Cl)CC2)nc2ccccc12. The van der Waals surface area contributed by atoms with E-state index in [1.807, 2.05) is 55.4 Å². The summed E-state index contributed by atoms with van der Waals surface area (Å²) in [5, 5.41) is 9.68. The van der Waals surface area contributed by atoms with Crippen molar-refractivity contribution in [2.75, 3.05) is 24.3 Å². The Balaban J connectivity index is 1.36. The molecule has 0 spiro atoms. The number of benzene rings is 2. The van der Waals surface area contributed by atoms with Crippen molar-refractivity contribution in [3.63, 3.8) is 0 Å². The van der Waals surface area contributed by atoms with E-state index in [1.165, 1.54) is 0 Å². The van der Waals surface area contributed by atoms with Gasteiger partial charge in [-0.3, -0.25) is 0 Å². The van der Waals surface area contributed by atoms with Crippen LogP contribution in [-0.2, 0) is 6.54 Å². The summed E-state index contributed by atoms with van der Waals surface area (Å²) < 4.78 is 0. The minimum absolute atomic E-state index is 0.378. The van der Waals surface area contributed by atoms with E-state index < -0.39 is 0 Å². The number of rotatable bonds is 6. The molecule has 2 N–H and O–H groups in total. The number of para-hydroxylation sites is 1. The van der Waals surface area contributed by atoms with Crippen LogP contribution in [0.15, 0.2) is 42.5 Å². The molecule has 158 valence electrons. The number of fused-ring (bicyclic) bond motifs is 1. The lowest BCUT2D eigenvalue weighted by atomic mass is 9.91. The number of hydrogen-bond acceptors (Lipinski definition) is 5. The first-order chi connectivity index (χ1) is 14.5. The highest BCUT2D eigenvalue weighted by Crippen LogP contribution is 2.28. The van der Waals surface area contributed by atoms with Crippen LogP contribution in [0.4, 0.5) is 11.8 Å². The van der Waals surface area contributed by atoms with Crippen molar-refractivity contribution in [3.8, 4) is 0 Å². The van der Waals surface area contributed by atoms with Crippen LogP contribution in [0.25, 0.3) is 10.9 Å². The summed E-state index contributed by atoms with van der Waals surface area (Å²) in [4.78, 5) is 11.5. The Morgan fingerprint density at radius 2 is 1.57 bits per heavy atom. The maximum atomic E-state index is 6.29. The standard InChI is InChI=1S/C23H27Cl2N5/c1-30(2)22-17-6-3-4-9-21(17)28-23(29-22)27-16-12-10-15(11-13-16)26-14-18-19(24)7-5-8-20(18)25/h3-9,15-16,26H,10-14H2,1-2H3,(H,27,28,29)/t15-,16+. The Morgan fingerprint density at radius 3 is 2.27 bits per heavy atom. The fourth-order valence-electron chi connectivity index (χ4n) is 4.04. The van der Waals surface area contributed by atoms with Gasteiger partial charge in [0.1, 0.15) is 5.82 Å². The van der Waals surface area contributed by atoms with Gasteiger partial charge >= 0.3 is 0 Å². The minimum atomic E-state index is 0.378. The van der Waals surface area contributed by atoms with E-state index in [1.54, 1.807) is 0 Å². The number of hydrogen-bond donors (Lipinski definition) is 2. The first-order valence-corrected chi connectivity index (χ1v) is 11.1. The van der Waals surface area contributed by atoms with Gasteiger partial charge in [0.05, 0.1) is 5.52 Å². The Labute approximate surface area is 187 Å². The number of aromatic nitrogens is 2. The molecule has 1 aromatic heterocycles. The number of nitrogens with one attached hydrogen (secondary N) is 2. The topological polar surface area (TPSA) is 53.1 Å². The second-order valence-corrected chi connectivity index (χ2v) is 8.87. The zero-order valence-corrected chi connectivity index (χ0v) is 18.8. The second kappa shape index (κ2) is 9.38. The molecule has 1 saturated carbocycles. The lowest BCUT2D eigenvalue weighted by Crippen LogP contribution is -2.37. The fraction of sp³-hybridized carbons (Fsp3) is 0.391. The Bertz CT molecular complexity index is 995. The second-order valence-electron chi connectivity index (χ2n) is 8.06. The van der Waals surface area contributed by atoms with Gasteiger partial charge in [-0.2, -0.15) is 4.98 Å². The fourth-order valence-corrected chi connectivity index (χ4v) is 4.57. The van der Waals surface area contributed by atoms with Crippen LogP contribution < -0.4 is 15.5 Å². The molecular weight excluding hydrogens is 417 g/mol. The molecule has 30 heavy (non-hydrogen) atoms. The van der Waals surface area contributed by atoms with Crippen molar-refractivity contribution in [3.05, 3.63) is 58.1 Å². The molecule has 0 bridgehead atoms. The molecular formula is C23H27Cl2N5. The molecule has 1 aliphatic carbocycles. The molecule has 1 aliphatic rings. The zero-order chi connectivity index (χ0) is 21.1. The van der Waals surface area contributed by atoms with Crippen LogP contribution in [0.1, 0.15) is 31.2 Å². The average Bonchev–Trinajstić information content (AvgIpc) is 2.74. The third-order valence-electron chi connectivity index (χ3n) is 5.70. The Kier molecular flexibility index (Phi) is 6.61. The van der Waals surface area contributed by atoms with E-state index in [2.05, 4.69) is 16.7 Å². The van der Waals surface area contributed by atoms with E-state index in [-0.39, 0.29) is 0 Å². The summed E-state index contributed by atoms with van der Waals surface area (Å²) in [5.74, 6) is 1.65. The molecule has 1 heterocycles. The predicted molar refractivity (Wildman–Crippen MR) is 127 cm³/mol. The minimum Gasteiger partial charge on any atom is -0.362 e. The number of nitrogens with zero attached hydrogens (tertiary/aromatic N) is 3. The lowest BCUT2D eigenvalue weighted by Gasteiger charge is -2.30. The number of anilines is 2. The third kappa shape index (κ3) is 4.80. The van der Waals surface area contributed by atoms with Crippen LogP contribution >= 0.6 is 23.2 Å². The van der Waals surface area contributed by atoms with Crippen LogP contribution in [0.5, 0.6) is 0 Å². The highest BCUT2D eigenvalue weighted by atomic mass is 35.5. The van der Waals surface area contributed by atoms with Gasteiger partial charge in [0.25, 0.3) is 0 Å². The molecule has 0 aliphatic heterocycles. The van der Waals surface area contributed by atoms with Crippen molar-refractivity contribution in [1.29, 1.82) is 0 Å². The van der Waals surface area contributed by atoms with Gasteiger partial charge < -0.3 is 15.5 Å². The van der Waals surface area contributed by atoms with E-state index in [9.17, 15) is 0 Å².